The van der Waals surface area contributed by atoms with Gasteiger partial charge in [-0.2, -0.15) is 0 Å². The second-order valence-electron chi connectivity index (χ2n) is 6.85. The van der Waals surface area contributed by atoms with Crippen LogP contribution >= 0.6 is 0 Å². The first-order valence-electron chi connectivity index (χ1n) is 9.18. The number of nitrogens with zero attached hydrogens (tertiary/aromatic N) is 1. The van der Waals surface area contributed by atoms with E-state index in [1.165, 1.54) is 6.07 Å². The minimum atomic E-state index is -0.387. The molecule has 0 saturated heterocycles. The molecular formula is C22H21NO5. The van der Waals surface area contributed by atoms with Gasteiger partial charge in [0.2, 0.25) is 0 Å². The monoisotopic (exact) mass is 379 g/mol. The molecule has 1 unspecified atom stereocenters. The molecule has 1 aliphatic rings. The van der Waals surface area contributed by atoms with Crippen LogP contribution in [0.5, 0.6) is 11.5 Å². The van der Waals surface area contributed by atoms with E-state index in [1.807, 2.05) is 38.1 Å². The molecule has 144 valence electrons. The number of hydrogen-bond acceptors (Lipinski definition) is 6. The zero-order chi connectivity index (χ0) is 19.8. The fourth-order valence-corrected chi connectivity index (χ4v) is 3.81. The Morgan fingerprint density at radius 2 is 2.00 bits per heavy atom. The van der Waals surface area contributed by atoms with Crippen LogP contribution in [-0.4, -0.2) is 18.0 Å². The van der Waals surface area contributed by atoms with Gasteiger partial charge in [0.1, 0.15) is 23.2 Å². The van der Waals surface area contributed by atoms with Crippen molar-refractivity contribution in [1.82, 2.24) is 0 Å². The van der Waals surface area contributed by atoms with Crippen molar-refractivity contribution in [3.05, 3.63) is 69.1 Å². The van der Waals surface area contributed by atoms with Gasteiger partial charge in [0.15, 0.2) is 0 Å². The summed E-state index contributed by atoms with van der Waals surface area (Å²) in [5.41, 5.74) is 4.02. The van der Waals surface area contributed by atoms with E-state index in [0.29, 0.717) is 29.9 Å². The third kappa shape index (κ3) is 2.91. The van der Waals surface area contributed by atoms with E-state index in [9.17, 15) is 10.0 Å². The first kappa shape index (κ1) is 18.1. The summed E-state index contributed by atoms with van der Waals surface area (Å²) in [5, 5.41) is 14.0. The molecule has 3 aromatic rings. The summed E-state index contributed by atoms with van der Waals surface area (Å²) in [5.74, 6) is 1.35. The SMILES string of the molecule is CCc1cc(=O)oc2cc(C)c3c(c12)OC(c1ccc(OC)cc1)CC3=NO. The third-order valence-corrected chi connectivity index (χ3v) is 5.18. The standard InChI is InChI=1S/C22H21NO5/c1-4-13-10-19(24)27-18-9-12(2)20-16(23-25)11-17(28-22(20)21(13)18)14-5-7-15(26-3)8-6-14/h5-10,17,25H,4,11H2,1-3H3. The number of methoxy groups -OCH3 is 1. The zero-order valence-corrected chi connectivity index (χ0v) is 16.0. The highest BCUT2D eigenvalue weighted by Gasteiger charge is 2.31. The highest BCUT2D eigenvalue weighted by atomic mass is 16.5. The maximum Gasteiger partial charge on any atom is 0.336 e. The molecule has 0 spiro atoms. The number of aryl methyl sites for hydroxylation is 2. The molecule has 1 N–H and O–H groups in total. The molecule has 4 rings (SSSR count). The van der Waals surface area contributed by atoms with Crippen LogP contribution in [0.3, 0.4) is 0 Å². The van der Waals surface area contributed by atoms with Crippen LogP contribution in [0.15, 0.2) is 50.8 Å². The van der Waals surface area contributed by atoms with Gasteiger partial charge in [-0.3, -0.25) is 0 Å². The van der Waals surface area contributed by atoms with E-state index >= 15 is 0 Å². The number of rotatable bonds is 3. The van der Waals surface area contributed by atoms with E-state index in [-0.39, 0.29) is 11.7 Å². The minimum Gasteiger partial charge on any atom is -0.497 e. The Bertz CT molecular complexity index is 1130. The molecule has 2 heterocycles. The van der Waals surface area contributed by atoms with Crippen LogP contribution in [0.25, 0.3) is 11.0 Å². The summed E-state index contributed by atoms with van der Waals surface area (Å²) in [4.78, 5) is 11.9. The topological polar surface area (TPSA) is 81.3 Å². The van der Waals surface area contributed by atoms with Crippen LogP contribution in [0, 0.1) is 6.92 Å². The first-order valence-corrected chi connectivity index (χ1v) is 9.18. The van der Waals surface area contributed by atoms with Gasteiger partial charge in [-0.05, 0) is 48.2 Å². The van der Waals surface area contributed by atoms with Crippen molar-refractivity contribution in [1.29, 1.82) is 0 Å². The fourth-order valence-electron chi connectivity index (χ4n) is 3.81. The summed E-state index contributed by atoms with van der Waals surface area (Å²) in [6.07, 6.45) is 0.756. The average Bonchev–Trinajstić information content (AvgIpc) is 2.72. The summed E-state index contributed by atoms with van der Waals surface area (Å²) < 4.78 is 17.1. The molecule has 6 heteroatoms. The number of benzene rings is 2. The van der Waals surface area contributed by atoms with Crippen molar-refractivity contribution in [3.8, 4) is 11.5 Å². The van der Waals surface area contributed by atoms with Crippen molar-refractivity contribution in [3.63, 3.8) is 0 Å². The molecule has 0 saturated carbocycles. The fraction of sp³-hybridized carbons (Fsp3) is 0.273. The molecular weight excluding hydrogens is 358 g/mol. The molecule has 0 radical (unpaired) electrons. The Morgan fingerprint density at radius 1 is 1.25 bits per heavy atom. The molecule has 0 amide bonds. The van der Waals surface area contributed by atoms with Gasteiger partial charge < -0.3 is 19.1 Å². The number of oxime groups is 1. The smallest absolute Gasteiger partial charge is 0.336 e. The van der Waals surface area contributed by atoms with E-state index in [1.54, 1.807) is 13.2 Å². The van der Waals surface area contributed by atoms with E-state index < -0.39 is 0 Å². The summed E-state index contributed by atoms with van der Waals surface area (Å²) in [6.45, 7) is 3.87. The number of fused-ring (bicyclic) bond motifs is 3. The summed E-state index contributed by atoms with van der Waals surface area (Å²) >= 11 is 0. The van der Waals surface area contributed by atoms with Crippen molar-refractivity contribution in [2.45, 2.75) is 32.8 Å². The normalized spacial score (nSPS) is 17.4. The van der Waals surface area contributed by atoms with Gasteiger partial charge in [-0.25, -0.2) is 4.79 Å². The summed E-state index contributed by atoms with van der Waals surface area (Å²) in [7, 11) is 1.62. The molecule has 1 atom stereocenters. The molecule has 1 aliphatic heterocycles. The van der Waals surface area contributed by atoms with Crippen molar-refractivity contribution in [2.24, 2.45) is 5.16 Å². The predicted molar refractivity (Wildman–Crippen MR) is 106 cm³/mol. The van der Waals surface area contributed by atoms with Crippen LogP contribution < -0.4 is 15.1 Å². The number of hydrogen-bond donors (Lipinski definition) is 1. The molecule has 0 fully saturated rings. The van der Waals surface area contributed by atoms with E-state index in [2.05, 4.69) is 5.16 Å². The maximum atomic E-state index is 11.9. The highest BCUT2D eigenvalue weighted by Crippen LogP contribution is 2.43. The molecule has 2 aromatic carbocycles. The first-order chi connectivity index (χ1) is 13.5. The van der Waals surface area contributed by atoms with Crippen LogP contribution in [0.1, 0.15) is 41.7 Å². The summed E-state index contributed by atoms with van der Waals surface area (Å²) in [6, 6.07) is 10.9. The van der Waals surface area contributed by atoms with Crippen LogP contribution in [0.2, 0.25) is 0 Å². The molecule has 6 nitrogen and oxygen atoms in total. The quantitative estimate of drug-likeness (QED) is 0.415. The molecule has 0 aliphatic carbocycles. The third-order valence-electron chi connectivity index (χ3n) is 5.18. The highest BCUT2D eigenvalue weighted by molar-refractivity contribution is 6.09. The van der Waals surface area contributed by atoms with E-state index in [4.69, 9.17) is 13.9 Å². The van der Waals surface area contributed by atoms with Crippen LogP contribution in [0.4, 0.5) is 0 Å². The second kappa shape index (κ2) is 7.03. The maximum absolute atomic E-state index is 11.9. The van der Waals surface area contributed by atoms with Gasteiger partial charge in [0, 0.05) is 18.1 Å². The van der Waals surface area contributed by atoms with Gasteiger partial charge in [-0.15, -0.1) is 0 Å². The lowest BCUT2D eigenvalue weighted by Crippen LogP contribution is -2.23. The average molecular weight is 379 g/mol. The van der Waals surface area contributed by atoms with Gasteiger partial charge in [0.25, 0.3) is 0 Å². The minimum absolute atomic E-state index is 0.328. The van der Waals surface area contributed by atoms with E-state index in [0.717, 1.165) is 33.4 Å². The molecule has 28 heavy (non-hydrogen) atoms. The Labute approximate surface area is 162 Å². The Hall–Kier alpha value is -3.28. The van der Waals surface area contributed by atoms with Crippen LogP contribution in [-0.2, 0) is 6.42 Å². The van der Waals surface area contributed by atoms with Gasteiger partial charge in [0.05, 0.1) is 18.2 Å². The lowest BCUT2D eigenvalue weighted by atomic mass is 9.90. The zero-order valence-electron chi connectivity index (χ0n) is 16.0. The Balaban J connectivity index is 1.93. The largest absolute Gasteiger partial charge is 0.497 e. The second-order valence-corrected chi connectivity index (χ2v) is 6.85. The Morgan fingerprint density at radius 3 is 2.64 bits per heavy atom. The van der Waals surface area contributed by atoms with Gasteiger partial charge in [-0.1, -0.05) is 24.2 Å². The van der Waals surface area contributed by atoms with Crippen molar-refractivity contribution in [2.75, 3.05) is 7.11 Å². The molecule has 1 aromatic heterocycles. The van der Waals surface area contributed by atoms with Crippen molar-refractivity contribution < 1.29 is 19.1 Å². The predicted octanol–water partition coefficient (Wildman–Crippen LogP) is 4.37. The Kier molecular flexibility index (Phi) is 4.55. The number of ether oxygens (including phenoxy) is 2. The van der Waals surface area contributed by atoms with Crippen molar-refractivity contribution >= 4 is 16.7 Å². The molecule has 0 bridgehead atoms. The lowest BCUT2D eigenvalue weighted by Gasteiger charge is -2.29. The lowest BCUT2D eigenvalue weighted by molar-refractivity contribution is 0.205. The van der Waals surface area contributed by atoms with Gasteiger partial charge >= 0.3 is 5.63 Å².